The third-order valence-corrected chi connectivity index (χ3v) is 2.65. The Bertz CT molecular complexity index is 690. The fourth-order valence-corrected chi connectivity index (χ4v) is 1.80. The highest BCUT2D eigenvalue weighted by Crippen LogP contribution is 2.22. The average molecular weight is 228 g/mol. The number of aryl methyl sites for hydroxylation is 1. The summed E-state index contributed by atoms with van der Waals surface area (Å²) < 4.78 is 15.4. The predicted octanol–water partition coefficient (Wildman–Crippen LogP) is 2.17. The van der Waals surface area contributed by atoms with Crippen molar-refractivity contribution in [2.45, 2.75) is 0 Å². The lowest BCUT2D eigenvalue weighted by Crippen LogP contribution is -1.97. The van der Waals surface area contributed by atoms with Crippen molar-refractivity contribution in [2.75, 3.05) is 0 Å². The zero-order valence-electron chi connectivity index (χ0n) is 9.13. The molecule has 0 saturated carbocycles. The number of aromatic nitrogens is 4. The summed E-state index contributed by atoms with van der Waals surface area (Å²) in [5.41, 5.74) is 1.89. The van der Waals surface area contributed by atoms with Crippen LogP contribution in [0.4, 0.5) is 4.39 Å². The molecule has 3 aromatic rings. The molecule has 0 spiro atoms. The van der Waals surface area contributed by atoms with Crippen LogP contribution in [0, 0.1) is 5.82 Å². The first-order chi connectivity index (χ1) is 8.27. The highest BCUT2D eigenvalue weighted by atomic mass is 19.1. The van der Waals surface area contributed by atoms with Crippen LogP contribution in [0.3, 0.4) is 0 Å². The van der Waals surface area contributed by atoms with Crippen LogP contribution in [0.2, 0.25) is 0 Å². The van der Waals surface area contributed by atoms with Gasteiger partial charge < -0.3 is 4.57 Å². The van der Waals surface area contributed by atoms with Crippen LogP contribution < -0.4 is 0 Å². The van der Waals surface area contributed by atoms with E-state index in [2.05, 4.69) is 15.0 Å². The molecule has 0 unspecified atom stereocenters. The standard InChI is InChI=1S/C12H9FN4/c1-17-10-7-14-6-4-9(10)16-12(17)11-8(13)3-2-5-15-11/h2-7H,1H3. The van der Waals surface area contributed by atoms with Crippen molar-refractivity contribution in [1.29, 1.82) is 0 Å². The number of rotatable bonds is 1. The molecule has 84 valence electrons. The van der Waals surface area contributed by atoms with E-state index in [-0.39, 0.29) is 11.5 Å². The Morgan fingerprint density at radius 3 is 2.88 bits per heavy atom. The summed E-state index contributed by atoms with van der Waals surface area (Å²) in [5, 5.41) is 0. The molecule has 0 fully saturated rings. The molecule has 0 atom stereocenters. The molecule has 0 amide bonds. The van der Waals surface area contributed by atoms with Gasteiger partial charge in [0, 0.05) is 19.4 Å². The Kier molecular flexibility index (Phi) is 2.11. The molecule has 3 aromatic heterocycles. The van der Waals surface area contributed by atoms with Crippen molar-refractivity contribution in [2.24, 2.45) is 7.05 Å². The summed E-state index contributed by atoms with van der Waals surface area (Å²) >= 11 is 0. The molecular formula is C12H9FN4. The van der Waals surface area contributed by atoms with Crippen LogP contribution in [0.5, 0.6) is 0 Å². The maximum Gasteiger partial charge on any atom is 0.162 e. The van der Waals surface area contributed by atoms with Gasteiger partial charge in [0.15, 0.2) is 11.6 Å². The van der Waals surface area contributed by atoms with Gasteiger partial charge in [-0.05, 0) is 18.2 Å². The monoisotopic (exact) mass is 228 g/mol. The Morgan fingerprint density at radius 1 is 1.24 bits per heavy atom. The molecule has 0 aliphatic heterocycles. The van der Waals surface area contributed by atoms with Crippen molar-refractivity contribution in [3.8, 4) is 11.5 Å². The van der Waals surface area contributed by atoms with Crippen molar-refractivity contribution in [3.63, 3.8) is 0 Å². The van der Waals surface area contributed by atoms with Gasteiger partial charge in [-0.1, -0.05) is 0 Å². The molecule has 17 heavy (non-hydrogen) atoms. The first-order valence-electron chi connectivity index (χ1n) is 5.14. The van der Waals surface area contributed by atoms with Gasteiger partial charge in [-0.15, -0.1) is 0 Å². The van der Waals surface area contributed by atoms with Gasteiger partial charge in [0.25, 0.3) is 0 Å². The molecule has 4 nitrogen and oxygen atoms in total. The SMILES string of the molecule is Cn1c(-c2ncccc2F)nc2ccncc21. The molecule has 0 aliphatic rings. The van der Waals surface area contributed by atoms with E-state index in [0.29, 0.717) is 5.82 Å². The lowest BCUT2D eigenvalue weighted by molar-refractivity contribution is 0.623. The van der Waals surface area contributed by atoms with E-state index >= 15 is 0 Å². The minimum atomic E-state index is -0.376. The van der Waals surface area contributed by atoms with Gasteiger partial charge >= 0.3 is 0 Å². The summed E-state index contributed by atoms with van der Waals surface area (Å²) in [6.07, 6.45) is 4.91. The van der Waals surface area contributed by atoms with Crippen molar-refractivity contribution >= 4 is 11.0 Å². The highest BCUT2D eigenvalue weighted by molar-refractivity contribution is 5.78. The van der Waals surface area contributed by atoms with Crippen LogP contribution in [-0.2, 0) is 7.05 Å². The third kappa shape index (κ3) is 1.47. The predicted molar refractivity (Wildman–Crippen MR) is 61.7 cm³/mol. The Balaban J connectivity index is 2.32. The number of fused-ring (bicyclic) bond motifs is 1. The highest BCUT2D eigenvalue weighted by Gasteiger charge is 2.14. The van der Waals surface area contributed by atoms with Gasteiger partial charge in [-0.2, -0.15) is 0 Å². The maximum absolute atomic E-state index is 13.7. The van der Waals surface area contributed by atoms with Gasteiger partial charge in [0.05, 0.1) is 17.2 Å². The molecule has 5 heteroatoms. The fraction of sp³-hybridized carbons (Fsp3) is 0.0833. The molecule has 3 heterocycles. The van der Waals surface area contributed by atoms with Gasteiger partial charge in [-0.25, -0.2) is 14.4 Å². The molecule has 0 N–H and O–H groups in total. The molecule has 0 bridgehead atoms. The lowest BCUT2D eigenvalue weighted by Gasteiger charge is -2.01. The molecule has 0 aromatic carbocycles. The minimum Gasteiger partial charge on any atom is -0.324 e. The summed E-state index contributed by atoms with van der Waals surface area (Å²) in [4.78, 5) is 12.4. The first kappa shape index (κ1) is 9.89. The van der Waals surface area contributed by atoms with Gasteiger partial charge in [0.2, 0.25) is 0 Å². The second kappa shape index (κ2) is 3.62. The molecule has 3 rings (SSSR count). The second-order valence-corrected chi connectivity index (χ2v) is 3.69. The van der Waals surface area contributed by atoms with Crippen LogP contribution in [0.25, 0.3) is 22.6 Å². The van der Waals surface area contributed by atoms with Crippen molar-refractivity contribution < 1.29 is 4.39 Å². The fourth-order valence-electron chi connectivity index (χ4n) is 1.80. The Hall–Kier alpha value is -2.30. The van der Waals surface area contributed by atoms with Crippen LogP contribution in [-0.4, -0.2) is 19.5 Å². The summed E-state index contributed by atoms with van der Waals surface area (Å²) in [5.74, 6) is 0.130. The first-order valence-corrected chi connectivity index (χ1v) is 5.14. The summed E-state index contributed by atoms with van der Waals surface area (Å²) in [6, 6.07) is 4.72. The topological polar surface area (TPSA) is 43.6 Å². The zero-order chi connectivity index (χ0) is 11.8. The van der Waals surface area contributed by atoms with Crippen LogP contribution >= 0.6 is 0 Å². The van der Waals surface area contributed by atoms with Crippen molar-refractivity contribution in [3.05, 3.63) is 42.6 Å². The Morgan fingerprint density at radius 2 is 2.12 bits per heavy atom. The van der Waals surface area contributed by atoms with E-state index in [1.165, 1.54) is 6.07 Å². The Labute approximate surface area is 96.8 Å². The smallest absolute Gasteiger partial charge is 0.162 e. The van der Waals surface area contributed by atoms with E-state index in [4.69, 9.17) is 0 Å². The minimum absolute atomic E-state index is 0.256. The molecular weight excluding hydrogens is 219 g/mol. The number of nitrogens with zero attached hydrogens (tertiary/aromatic N) is 4. The average Bonchev–Trinajstić information content (AvgIpc) is 2.68. The number of hydrogen-bond acceptors (Lipinski definition) is 3. The number of pyridine rings is 2. The molecule has 0 aliphatic carbocycles. The number of halogens is 1. The van der Waals surface area contributed by atoms with E-state index in [0.717, 1.165) is 11.0 Å². The lowest BCUT2D eigenvalue weighted by atomic mass is 10.3. The number of imidazole rings is 1. The zero-order valence-corrected chi connectivity index (χ0v) is 9.13. The van der Waals surface area contributed by atoms with Gasteiger partial charge in [0.1, 0.15) is 5.69 Å². The van der Waals surface area contributed by atoms with E-state index < -0.39 is 0 Å². The van der Waals surface area contributed by atoms with E-state index in [1.54, 1.807) is 35.3 Å². The van der Waals surface area contributed by atoms with E-state index in [1.807, 2.05) is 7.05 Å². The van der Waals surface area contributed by atoms with E-state index in [9.17, 15) is 4.39 Å². The third-order valence-electron chi connectivity index (χ3n) is 2.65. The number of hydrogen-bond donors (Lipinski definition) is 0. The van der Waals surface area contributed by atoms with Gasteiger partial charge in [-0.3, -0.25) is 4.98 Å². The molecule has 0 saturated heterocycles. The quantitative estimate of drug-likeness (QED) is 0.641. The van der Waals surface area contributed by atoms with Crippen LogP contribution in [0.1, 0.15) is 0 Å². The summed E-state index contributed by atoms with van der Waals surface area (Å²) in [6.45, 7) is 0. The normalized spacial score (nSPS) is 10.9. The largest absolute Gasteiger partial charge is 0.324 e. The summed E-state index contributed by atoms with van der Waals surface area (Å²) in [7, 11) is 1.82. The van der Waals surface area contributed by atoms with Crippen LogP contribution in [0.15, 0.2) is 36.8 Å². The molecule has 0 radical (unpaired) electrons. The maximum atomic E-state index is 13.7. The van der Waals surface area contributed by atoms with Crippen molar-refractivity contribution in [1.82, 2.24) is 19.5 Å². The second-order valence-electron chi connectivity index (χ2n) is 3.69.